The molecule has 1 aromatic heterocycles. The van der Waals surface area contributed by atoms with Crippen molar-refractivity contribution in [2.75, 3.05) is 45.3 Å². The van der Waals surface area contributed by atoms with Crippen LogP contribution in [-0.2, 0) is 13.0 Å². The Kier molecular flexibility index (Phi) is 7.33. The van der Waals surface area contributed by atoms with Crippen molar-refractivity contribution in [1.29, 1.82) is 5.26 Å². The SMILES string of the molecule is COc1ccc(COc2ccc(Cc3ccc4ncc(N5CCNCC5)nc4c3C#N)cc2OC)cc1. The van der Waals surface area contributed by atoms with Crippen molar-refractivity contribution in [1.82, 2.24) is 15.3 Å². The zero-order valence-electron chi connectivity index (χ0n) is 21.0. The first-order chi connectivity index (χ1) is 18.2. The van der Waals surface area contributed by atoms with Gasteiger partial charge in [0.25, 0.3) is 0 Å². The molecule has 1 N–H and O–H groups in total. The van der Waals surface area contributed by atoms with E-state index in [1.807, 2.05) is 54.6 Å². The highest BCUT2D eigenvalue weighted by Crippen LogP contribution is 2.31. The van der Waals surface area contributed by atoms with E-state index < -0.39 is 0 Å². The van der Waals surface area contributed by atoms with Crippen LogP contribution in [0.3, 0.4) is 0 Å². The van der Waals surface area contributed by atoms with E-state index in [0.717, 1.165) is 60.0 Å². The molecule has 0 unspecified atom stereocenters. The Bertz CT molecular complexity index is 1430. The molecule has 4 aromatic rings. The molecule has 188 valence electrons. The second-order valence-corrected chi connectivity index (χ2v) is 8.84. The summed E-state index contributed by atoms with van der Waals surface area (Å²) in [5, 5.41) is 13.4. The number of methoxy groups -OCH3 is 2. The standard InChI is InChI=1S/C29H29N5O3/c1-35-23-7-3-20(4-8-23)19-37-26-10-5-21(16-27(26)36-2)15-22-6-9-25-29(24(22)17-30)33-28(18-32-25)34-13-11-31-12-14-34/h3-10,16,18,31H,11-15,19H2,1-2H3. The van der Waals surface area contributed by atoms with Crippen molar-refractivity contribution in [3.8, 4) is 23.3 Å². The highest BCUT2D eigenvalue weighted by atomic mass is 16.5. The lowest BCUT2D eigenvalue weighted by Gasteiger charge is -2.28. The van der Waals surface area contributed by atoms with E-state index in [4.69, 9.17) is 19.2 Å². The molecule has 0 saturated carbocycles. The molecule has 1 aliphatic heterocycles. The quantitative estimate of drug-likeness (QED) is 0.391. The Morgan fingerprint density at radius 3 is 2.46 bits per heavy atom. The summed E-state index contributed by atoms with van der Waals surface area (Å²) >= 11 is 0. The van der Waals surface area contributed by atoms with Crippen molar-refractivity contribution >= 4 is 16.9 Å². The number of nitrogens with one attached hydrogen (secondary N) is 1. The number of rotatable bonds is 8. The molecule has 3 aromatic carbocycles. The van der Waals surface area contributed by atoms with Gasteiger partial charge in [-0.1, -0.05) is 24.3 Å². The first kappa shape index (κ1) is 24.3. The summed E-state index contributed by atoms with van der Waals surface area (Å²) < 4.78 is 16.8. The number of aromatic nitrogens is 2. The van der Waals surface area contributed by atoms with Crippen LogP contribution in [0.25, 0.3) is 11.0 Å². The second kappa shape index (κ2) is 11.1. The number of fused-ring (bicyclic) bond motifs is 1. The maximum atomic E-state index is 10.1. The van der Waals surface area contributed by atoms with Crippen LogP contribution in [0.2, 0.25) is 0 Å². The molecule has 1 fully saturated rings. The predicted molar refractivity (Wildman–Crippen MR) is 142 cm³/mol. The number of hydrogen-bond acceptors (Lipinski definition) is 8. The van der Waals surface area contributed by atoms with E-state index in [0.29, 0.717) is 35.6 Å². The molecule has 0 bridgehead atoms. The smallest absolute Gasteiger partial charge is 0.161 e. The maximum Gasteiger partial charge on any atom is 0.161 e. The summed E-state index contributed by atoms with van der Waals surface area (Å²) in [6.07, 6.45) is 2.36. The Morgan fingerprint density at radius 1 is 0.946 bits per heavy atom. The van der Waals surface area contributed by atoms with Crippen molar-refractivity contribution in [3.63, 3.8) is 0 Å². The van der Waals surface area contributed by atoms with Gasteiger partial charge in [0.05, 0.1) is 31.5 Å². The lowest BCUT2D eigenvalue weighted by Crippen LogP contribution is -2.43. The monoisotopic (exact) mass is 495 g/mol. The summed E-state index contributed by atoms with van der Waals surface area (Å²) in [5.74, 6) is 2.92. The summed E-state index contributed by atoms with van der Waals surface area (Å²) in [6.45, 7) is 3.97. The van der Waals surface area contributed by atoms with E-state index in [9.17, 15) is 5.26 Å². The van der Waals surface area contributed by atoms with E-state index in [1.54, 1.807) is 20.4 Å². The van der Waals surface area contributed by atoms with Crippen LogP contribution in [0.15, 0.2) is 60.8 Å². The number of nitriles is 1. The Labute approximate surface area is 216 Å². The van der Waals surface area contributed by atoms with Gasteiger partial charge in [-0.3, -0.25) is 4.98 Å². The van der Waals surface area contributed by atoms with Gasteiger partial charge in [0, 0.05) is 26.2 Å². The van der Waals surface area contributed by atoms with Crippen LogP contribution in [-0.4, -0.2) is 50.4 Å². The average molecular weight is 496 g/mol. The topological polar surface area (TPSA) is 92.5 Å². The molecule has 8 heteroatoms. The minimum Gasteiger partial charge on any atom is -0.497 e. The van der Waals surface area contributed by atoms with Gasteiger partial charge in [-0.2, -0.15) is 5.26 Å². The van der Waals surface area contributed by atoms with Crippen LogP contribution in [0.4, 0.5) is 5.82 Å². The highest BCUT2D eigenvalue weighted by molar-refractivity contribution is 5.83. The molecule has 8 nitrogen and oxygen atoms in total. The summed E-state index contributed by atoms with van der Waals surface area (Å²) in [6, 6.07) is 19.9. The Balaban J connectivity index is 1.37. The van der Waals surface area contributed by atoms with Crippen LogP contribution >= 0.6 is 0 Å². The van der Waals surface area contributed by atoms with Crippen LogP contribution in [0.5, 0.6) is 17.2 Å². The molecule has 0 amide bonds. The van der Waals surface area contributed by atoms with Gasteiger partial charge in [0.1, 0.15) is 29.8 Å². The normalized spacial score (nSPS) is 13.3. The number of anilines is 1. The van der Waals surface area contributed by atoms with Crippen molar-refractivity contribution in [3.05, 3.63) is 83.0 Å². The van der Waals surface area contributed by atoms with Gasteiger partial charge < -0.3 is 24.4 Å². The first-order valence-electron chi connectivity index (χ1n) is 12.3. The van der Waals surface area contributed by atoms with E-state index in [-0.39, 0.29) is 0 Å². The largest absolute Gasteiger partial charge is 0.497 e. The van der Waals surface area contributed by atoms with Crippen LogP contribution in [0.1, 0.15) is 22.3 Å². The average Bonchev–Trinajstić information content (AvgIpc) is 2.96. The van der Waals surface area contributed by atoms with Gasteiger partial charge in [-0.25, -0.2) is 4.98 Å². The third-order valence-electron chi connectivity index (χ3n) is 6.52. The van der Waals surface area contributed by atoms with Gasteiger partial charge in [0.2, 0.25) is 0 Å². The molecule has 0 radical (unpaired) electrons. The van der Waals surface area contributed by atoms with Gasteiger partial charge in [-0.05, 0) is 53.4 Å². The number of hydrogen-bond donors (Lipinski definition) is 1. The van der Waals surface area contributed by atoms with E-state index >= 15 is 0 Å². The zero-order valence-corrected chi connectivity index (χ0v) is 21.0. The molecule has 37 heavy (non-hydrogen) atoms. The highest BCUT2D eigenvalue weighted by Gasteiger charge is 2.16. The van der Waals surface area contributed by atoms with Crippen molar-refractivity contribution < 1.29 is 14.2 Å². The van der Waals surface area contributed by atoms with Crippen molar-refractivity contribution in [2.45, 2.75) is 13.0 Å². The van der Waals surface area contributed by atoms with Crippen molar-refractivity contribution in [2.24, 2.45) is 0 Å². The second-order valence-electron chi connectivity index (χ2n) is 8.84. The van der Waals surface area contributed by atoms with Gasteiger partial charge in [0.15, 0.2) is 11.5 Å². The minimum atomic E-state index is 0.414. The molecule has 2 heterocycles. The van der Waals surface area contributed by atoms with Crippen LogP contribution in [0, 0.1) is 11.3 Å². The third kappa shape index (κ3) is 5.42. The lowest BCUT2D eigenvalue weighted by molar-refractivity contribution is 0.284. The fourth-order valence-electron chi connectivity index (χ4n) is 4.47. The Hall–Kier alpha value is -4.35. The number of benzene rings is 3. The Morgan fingerprint density at radius 2 is 1.73 bits per heavy atom. The third-order valence-corrected chi connectivity index (χ3v) is 6.52. The lowest BCUT2D eigenvalue weighted by atomic mass is 9.98. The number of nitrogens with zero attached hydrogens (tertiary/aromatic N) is 4. The zero-order chi connectivity index (χ0) is 25.6. The van der Waals surface area contributed by atoms with Gasteiger partial charge >= 0.3 is 0 Å². The summed E-state index contributed by atoms with van der Waals surface area (Å²) in [4.78, 5) is 11.6. The number of ether oxygens (including phenoxy) is 3. The molecule has 0 spiro atoms. The molecule has 0 atom stereocenters. The molecule has 1 saturated heterocycles. The van der Waals surface area contributed by atoms with E-state index in [1.165, 1.54) is 0 Å². The van der Waals surface area contributed by atoms with Gasteiger partial charge in [-0.15, -0.1) is 0 Å². The summed E-state index contributed by atoms with van der Waals surface area (Å²) in [7, 11) is 3.27. The fraction of sp³-hybridized carbons (Fsp3) is 0.276. The first-order valence-corrected chi connectivity index (χ1v) is 12.3. The molecular weight excluding hydrogens is 466 g/mol. The fourth-order valence-corrected chi connectivity index (χ4v) is 4.47. The molecule has 0 aliphatic carbocycles. The summed E-state index contributed by atoms with van der Waals surface area (Å²) in [5.41, 5.74) is 4.86. The molecule has 1 aliphatic rings. The minimum absolute atomic E-state index is 0.414. The van der Waals surface area contributed by atoms with E-state index in [2.05, 4.69) is 21.3 Å². The predicted octanol–water partition coefficient (Wildman–Crippen LogP) is 4.10. The maximum absolute atomic E-state index is 10.1. The molecular formula is C29H29N5O3. The van der Waals surface area contributed by atoms with Crippen LogP contribution < -0.4 is 24.4 Å². The molecule has 5 rings (SSSR count). The number of piperazine rings is 1.